The Balaban J connectivity index is 2.73. The molecule has 0 unspecified atom stereocenters. The SMILES string of the molecule is O=C(O)c1cccnc1-c1c(F)cccc1F. The Morgan fingerprint density at radius 3 is 2.35 bits per heavy atom. The van der Waals surface area contributed by atoms with Crippen molar-refractivity contribution in [2.75, 3.05) is 0 Å². The van der Waals surface area contributed by atoms with E-state index in [2.05, 4.69) is 4.98 Å². The average Bonchev–Trinajstić information content (AvgIpc) is 2.29. The van der Waals surface area contributed by atoms with Crippen LogP contribution < -0.4 is 0 Å². The summed E-state index contributed by atoms with van der Waals surface area (Å²) < 4.78 is 27.0. The van der Waals surface area contributed by atoms with Gasteiger partial charge in [0.05, 0.1) is 16.8 Å². The molecule has 0 bridgehead atoms. The summed E-state index contributed by atoms with van der Waals surface area (Å²) in [6.07, 6.45) is 1.29. The molecule has 1 heterocycles. The van der Waals surface area contributed by atoms with Gasteiger partial charge in [-0.3, -0.25) is 4.98 Å². The highest BCUT2D eigenvalue weighted by Gasteiger charge is 2.18. The second-order valence-electron chi connectivity index (χ2n) is 3.30. The van der Waals surface area contributed by atoms with Gasteiger partial charge in [-0.25, -0.2) is 13.6 Å². The molecule has 0 saturated carbocycles. The first-order valence-electron chi connectivity index (χ1n) is 4.74. The van der Waals surface area contributed by atoms with E-state index in [0.717, 1.165) is 12.1 Å². The lowest BCUT2D eigenvalue weighted by Gasteiger charge is -2.06. The number of aromatic carboxylic acids is 1. The summed E-state index contributed by atoms with van der Waals surface area (Å²) in [7, 11) is 0. The van der Waals surface area contributed by atoms with Crippen LogP contribution in [0.5, 0.6) is 0 Å². The van der Waals surface area contributed by atoms with Gasteiger partial charge >= 0.3 is 5.97 Å². The highest BCUT2D eigenvalue weighted by molar-refractivity contribution is 5.94. The van der Waals surface area contributed by atoms with Crippen LogP contribution in [0.2, 0.25) is 0 Å². The van der Waals surface area contributed by atoms with Gasteiger partial charge < -0.3 is 5.11 Å². The van der Waals surface area contributed by atoms with E-state index in [9.17, 15) is 13.6 Å². The van der Waals surface area contributed by atoms with Crippen LogP contribution in [-0.2, 0) is 0 Å². The lowest BCUT2D eigenvalue weighted by Crippen LogP contribution is -2.03. The third-order valence-electron chi connectivity index (χ3n) is 2.24. The smallest absolute Gasteiger partial charge is 0.337 e. The van der Waals surface area contributed by atoms with Crippen LogP contribution in [0.1, 0.15) is 10.4 Å². The monoisotopic (exact) mass is 235 g/mol. The maximum Gasteiger partial charge on any atom is 0.337 e. The predicted octanol–water partition coefficient (Wildman–Crippen LogP) is 2.73. The van der Waals surface area contributed by atoms with Gasteiger partial charge in [0.2, 0.25) is 0 Å². The molecule has 0 amide bonds. The van der Waals surface area contributed by atoms with Crippen molar-refractivity contribution >= 4 is 5.97 Å². The fourth-order valence-corrected chi connectivity index (χ4v) is 1.50. The minimum Gasteiger partial charge on any atom is -0.478 e. The number of hydrogen-bond donors (Lipinski definition) is 1. The fourth-order valence-electron chi connectivity index (χ4n) is 1.50. The van der Waals surface area contributed by atoms with Crippen molar-refractivity contribution in [1.29, 1.82) is 0 Å². The summed E-state index contributed by atoms with van der Waals surface area (Å²) in [5.74, 6) is -2.96. The molecular formula is C12H7F2NO2. The first-order valence-corrected chi connectivity index (χ1v) is 4.74. The van der Waals surface area contributed by atoms with Gasteiger partial charge in [0.25, 0.3) is 0 Å². The first-order chi connectivity index (χ1) is 8.11. The summed E-state index contributed by atoms with van der Waals surface area (Å²) in [4.78, 5) is 14.7. The Morgan fingerprint density at radius 2 is 1.76 bits per heavy atom. The van der Waals surface area contributed by atoms with E-state index in [-0.39, 0.29) is 11.3 Å². The largest absolute Gasteiger partial charge is 0.478 e. The van der Waals surface area contributed by atoms with E-state index in [1.54, 1.807) is 0 Å². The first kappa shape index (κ1) is 11.2. The molecular weight excluding hydrogens is 228 g/mol. The summed E-state index contributed by atoms with van der Waals surface area (Å²) in [5, 5.41) is 8.92. The quantitative estimate of drug-likeness (QED) is 0.870. The lowest BCUT2D eigenvalue weighted by atomic mass is 10.0. The number of carboxylic acids is 1. The van der Waals surface area contributed by atoms with E-state index in [0.29, 0.717) is 0 Å². The van der Waals surface area contributed by atoms with Gasteiger partial charge in [-0.1, -0.05) is 6.07 Å². The molecule has 5 heteroatoms. The Kier molecular flexibility index (Phi) is 2.82. The van der Waals surface area contributed by atoms with E-state index in [4.69, 9.17) is 5.11 Å². The Morgan fingerprint density at radius 1 is 1.12 bits per heavy atom. The zero-order valence-corrected chi connectivity index (χ0v) is 8.52. The van der Waals surface area contributed by atoms with E-state index >= 15 is 0 Å². The molecule has 1 aromatic heterocycles. The zero-order chi connectivity index (χ0) is 12.4. The molecule has 86 valence electrons. The number of pyridine rings is 1. The Labute approximate surface area is 95.4 Å². The van der Waals surface area contributed by atoms with Crippen molar-refractivity contribution in [3.63, 3.8) is 0 Å². The van der Waals surface area contributed by atoms with E-state index in [1.165, 1.54) is 24.4 Å². The number of aromatic nitrogens is 1. The lowest BCUT2D eigenvalue weighted by molar-refractivity contribution is 0.0697. The predicted molar refractivity (Wildman–Crippen MR) is 56.5 cm³/mol. The van der Waals surface area contributed by atoms with Crippen LogP contribution >= 0.6 is 0 Å². The molecule has 0 spiro atoms. The highest BCUT2D eigenvalue weighted by atomic mass is 19.1. The summed E-state index contributed by atoms with van der Waals surface area (Å²) in [6, 6.07) is 5.96. The molecule has 0 radical (unpaired) electrons. The topological polar surface area (TPSA) is 50.2 Å². The van der Waals surface area contributed by atoms with Gasteiger partial charge in [0.1, 0.15) is 11.6 Å². The van der Waals surface area contributed by atoms with Crippen molar-refractivity contribution in [2.45, 2.75) is 0 Å². The Bertz CT molecular complexity index is 564. The number of hydrogen-bond acceptors (Lipinski definition) is 2. The van der Waals surface area contributed by atoms with Gasteiger partial charge in [-0.2, -0.15) is 0 Å². The van der Waals surface area contributed by atoms with Gasteiger partial charge in [0.15, 0.2) is 0 Å². The van der Waals surface area contributed by atoms with Crippen LogP contribution in [0.3, 0.4) is 0 Å². The van der Waals surface area contributed by atoms with Gasteiger partial charge in [-0.05, 0) is 24.3 Å². The van der Waals surface area contributed by atoms with Crippen LogP contribution in [0.15, 0.2) is 36.5 Å². The maximum atomic E-state index is 13.5. The number of carboxylic acid groups (broad SMARTS) is 1. The number of benzene rings is 1. The fraction of sp³-hybridized carbons (Fsp3) is 0. The molecule has 17 heavy (non-hydrogen) atoms. The van der Waals surface area contributed by atoms with Crippen molar-refractivity contribution in [1.82, 2.24) is 4.98 Å². The van der Waals surface area contributed by atoms with Crippen molar-refractivity contribution < 1.29 is 18.7 Å². The van der Waals surface area contributed by atoms with E-state index < -0.39 is 23.2 Å². The molecule has 2 rings (SSSR count). The standard InChI is InChI=1S/C12H7F2NO2/c13-8-4-1-5-9(14)10(8)11-7(12(16)17)3-2-6-15-11/h1-6H,(H,16,17). The van der Waals surface area contributed by atoms with Gasteiger partial charge in [0, 0.05) is 6.20 Å². The summed E-state index contributed by atoms with van der Waals surface area (Å²) >= 11 is 0. The second-order valence-corrected chi connectivity index (χ2v) is 3.30. The normalized spacial score (nSPS) is 10.2. The second kappa shape index (κ2) is 4.29. The third-order valence-corrected chi connectivity index (χ3v) is 2.24. The molecule has 0 aliphatic carbocycles. The van der Waals surface area contributed by atoms with Crippen molar-refractivity contribution in [2.24, 2.45) is 0 Å². The molecule has 3 nitrogen and oxygen atoms in total. The third kappa shape index (κ3) is 1.99. The number of carbonyl (C=O) groups is 1. The van der Waals surface area contributed by atoms with Crippen LogP contribution in [0, 0.1) is 11.6 Å². The molecule has 0 fully saturated rings. The van der Waals surface area contributed by atoms with Gasteiger partial charge in [-0.15, -0.1) is 0 Å². The van der Waals surface area contributed by atoms with Crippen LogP contribution in [0.4, 0.5) is 8.78 Å². The van der Waals surface area contributed by atoms with E-state index in [1.807, 2.05) is 0 Å². The number of halogens is 2. The molecule has 0 atom stereocenters. The summed E-state index contributed by atoms with van der Waals surface area (Å²) in [6.45, 7) is 0. The molecule has 2 aromatic rings. The average molecular weight is 235 g/mol. The summed E-state index contributed by atoms with van der Waals surface area (Å²) in [5.41, 5.74) is -0.877. The number of nitrogens with zero attached hydrogens (tertiary/aromatic N) is 1. The molecule has 1 N–H and O–H groups in total. The van der Waals surface area contributed by atoms with Crippen molar-refractivity contribution in [3.8, 4) is 11.3 Å². The van der Waals surface area contributed by atoms with Crippen molar-refractivity contribution in [3.05, 3.63) is 53.7 Å². The minimum absolute atomic E-state index is 0.212. The molecule has 0 saturated heterocycles. The zero-order valence-electron chi connectivity index (χ0n) is 8.52. The number of rotatable bonds is 2. The molecule has 0 aliphatic rings. The van der Waals surface area contributed by atoms with Crippen LogP contribution in [0.25, 0.3) is 11.3 Å². The molecule has 0 aliphatic heterocycles. The highest BCUT2D eigenvalue weighted by Crippen LogP contribution is 2.26. The minimum atomic E-state index is -1.28. The molecule has 1 aromatic carbocycles. The van der Waals surface area contributed by atoms with Crippen LogP contribution in [-0.4, -0.2) is 16.1 Å². The Hall–Kier alpha value is -2.30. The maximum absolute atomic E-state index is 13.5.